The lowest BCUT2D eigenvalue weighted by Gasteiger charge is -2.07. The third-order valence-corrected chi connectivity index (χ3v) is 3.97. The van der Waals surface area contributed by atoms with Crippen LogP contribution in [0.2, 0.25) is 0 Å². The molecule has 0 saturated carbocycles. The maximum absolute atomic E-state index is 11.9. The first kappa shape index (κ1) is 17.3. The normalized spacial score (nSPS) is 17.9. The van der Waals surface area contributed by atoms with Gasteiger partial charge in [-0.15, -0.1) is 0 Å². The molecule has 0 radical (unpaired) electrons. The Morgan fingerprint density at radius 1 is 1.00 bits per heavy atom. The van der Waals surface area contributed by atoms with E-state index in [1.807, 2.05) is 24.3 Å². The Morgan fingerprint density at radius 3 is 2.82 bits per heavy atom. The summed E-state index contributed by atoms with van der Waals surface area (Å²) in [5, 5.41) is 7.15. The molecular weight excluding hydrogens is 358 g/mol. The van der Waals surface area contributed by atoms with Crippen molar-refractivity contribution >= 4 is 34.7 Å². The molecule has 2 aromatic carbocycles. The van der Waals surface area contributed by atoms with Crippen LogP contribution in [0.25, 0.3) is 17.1 Å². The van der Waals surface area contributed by atoms with Gasteiger partial charge in [0.1, 0.15) is 12.1 Å². The van der Waals surface area contributed by atoms with E-state index in [-0.39, 0.29) is 12.5 Å². The fourth-order valence-electron chi connectivity index (χ4n) is 2.62. The fraction of sp³-hybridized carbons (Fsp3) is 0.0500. The van der Waals surface area contributed by atoms with Crippen molar-refractivity contribution in [2.45, 2.75) is 0 Å². The number of nitrogens with zero attached hydrogens (tertiary/aromatic N) is 3. The Labute approximate surface area is 159 Å². The van der Waals surface area contributed by atoms with Crippen molar-refractivity contribution < 1.29 is 14.3 Å². The van der Waals surface area contributed by atoms with Crippen LogP contribution in [0.3, 0.4) is 0 Å². The number of ether oxygens (including phenoxy) is 1. The van der Waals surface area contributed by atoms with E-state index in [2.05, 4.69) is 25.6 Å². The van der Waals surface area contributed by atoms with Crippen LogP contribution in [0.1, 0.15) is 0 Å². The van der Waals surface area contributed by atoms with Crippen LogP contribution < -0.4 is 25.9 Å². The van der Waals surface area contributed by atoms with Crippen molar-refractivity contribution in [1.29, 1.82) is 0 Å². The molecule has 3 aromatic rings. The third kappa shape index (κ3) is 3.85. The summed E-state index contributed by atoms with van der Waals surface area (Å²) < 4.78 is 5.53. The van der Waals surface area contributed by atoms with Crippen molar-refractivity contribution in [1.82, 2.24) is 20.6 Å². The number of amides is 2. The van der Waals surface area contributed by atoms with Gasteiger partial charge in [0.25, 0.3) is 5.91 Å². The molecule has 28 heavy (non-hydrogen) atoms. The minimum absolute atomic E-state index is 0.202. The van der Waals surface area contributed by atoms with E-state index in [1.165, 1.54) is 18.6 Å². The van der Waals surface area contributed by atoms with Gasteiger partial charge in [0.05, 0.1) is 10.9 Å². The zero-order valence-electron chi connectivity index (χ0n) is 14.6. The number of carbonyl (C=O) groups is 2. The lowest BCUT2D eigenvalue weighted by molar-refractivity contribution is -0.122. The van der Waals surface area contributed by atoms with Crippen LogP contribution in [0.5, 0.6) is 5.75 Å². The zero-order valence-corrected chi connectivity index (χ0v) is 14.6. The van der Waals surface area contributed by atoms with Crippen LogP contribution in [0.15, 0.2) is 66.1 Å². The largest absolute Gasteiger partial charge is 0.484 e. The Balaban J connectivity index is 1.92. The number of rotatable bonds is 0. The molecule has 2 N–H and O–H groups in total. The zero-order chi connectivity index (χ0) is 19.3. The monoisotopic (exact) mass is 373 g/mol. The van der Waals surface area contributed by atoms with Gasteiger partial charge in [0, 0.05) is 29.1 Å². The number of aromatic nitrogens is 2. The molecule has 0 aliphatic carbocycles. The second-order valence-electron chi connectivity index (χ2n) is 5.89. The lowest BCUT2D eigenvalue weighted by Crippen LogP contribution is -2.29. The van der Waals surface area contributed by atoms with Crippen molar-refractivity contribution in [3.63, 3.8) is 0 Å². The van der Waals surface area contributed by atoms with Gasteiger partial charge < -0.3 is 15.4 Å². The lowest BCUT2D eigenvalue weighted by atomic mass is 10.2. The van der Waals surface area contributed by atoms with Crippen molar-refractivity contribution in [2.24, 2.45) is 4.99 Å². The Kier molecular flexibility index (Phi) is 4.75. The molecule has 2 amide bonds. The standard InChI is InChI=1S/C20H15N5O3/c26-18-7-8-21-19(27)11-28-14-5-6-17-15(9-14)20(24-12-23-17)25-16-4-2-1-3-13(16)10-22-18/h1-10,12H,11H2,(H,21,27)(H,22,26)/b8-7+,13-10-,25-16+. The molecule has 4 rings (SSSR count). The molecular formula is C20H15N5O3. The number of benzene rings is 2. The molecule has 0 fully saturated rings. The van der Waals surface area contributed by atoms with Crippen LogP contribution in [0, 0.1) is 0 Å². The summed E-state index contributed by atoms with van der Waals surface area (Å²) in [4.78, 5) is 36.9. The van der Waals surface area contributed by atoms with E-state index in [1.54, 1.807) is 24.4 Å². The first-order valence-electron chi connectivity index (χ1n) is 8.47. The van der Waals surface area contributed by atoms with E-state index in [9.17, 15) is 9.59 Å². The molecule has 0 saturated heterocycles. The number of hydrogen-bond acceptors (Lipinski definition) is 6. The molecule has 1 aromatic heterocycles. The summed E-state index contributed by atoms with van der Waals surface area (Å²) in [5.74, 6) is 0.166. The van der Waals surface area contributed by atoms with E-state index in [4.69, 9.17) is 4.74 Å². The highest BCUT2D eigenvalue weighted by atomic mass is 16.5. The van der Waals surface area contributed by atoms with Gasteiger partial charge in [0.2, 0.25) is 5.91 Å². The maximum atomic E-state index is 11.9. The molecule has 1 aliphatic rings. The Morgan fingerprint density at radius 2 is 1.89 bits per heavy atom. The van der Waals surface area contributed by atoms with Crippen molar-refractivity contribution in [3.05, 3.63) is 71.6 Å². The van der Waals surface area contributed by atoms with E-state index >= 15 is 0 Å². The van der Waals surface area contributed by atoms with Gasteiger partial charge in [-0.2, -0.15) is 0 Å². The summed E-state index contributed by atoms with van der Waals surface area (Å²) in [6, 6.07) is 12.6. The van der Waals surface area contributed by atoms with E-state index < -0.39 is 5.91 Å². The molecule has 0 unspecified atom stereocenters. The Hall–Kier alpha value is -4.07. The number of nitrogens with one attached hydrogen (secondary N) is 2. The van der Waals surface area contributed by atoms with Crippen molar-refractivity contribution in [2.75, 3.05) is 6.61 Å². The maximum Gasteiger partial charge on any atom is 0.261 e. The highest BCUT2D eigenvalue weighted by molar-refractivity contribution is 5.91. The summed E-state index contributed by atoms with van der Waals surface area (Å²) in [6.07, 6.45) is 5.47. The van der Waals surface area contributed by atoms with Crippen LogP contribution in [0.4, 0.5) is 5.82 Å². The van der Waals surface area contributed by atoms with Gasteiger partial charge in [-0.25, -0.2) is 15.0 Å². The van der Waals surface area contributed by atoms with Gasteiger partial charge in [-0.05, 0) is 24.3 Å². The predicted octanol–water partition coefficient (Wildman–Crippen LogP) is 0.458. The van der Waals surface area contributed by atoms with Gasteiger partial charge in [0.15, 0.2) is 12.4 Å². The summed E-state index contributed by atoms with van der Waals surface area (Å²) in [5.41, 5.74) is 0.698. The fourth-order valence-corrected chi connectivity index (χ4v) is 2.62. The molecule has 8 nitrogen and oxygen atoms in total. The second kappa shape index (κ2) is 7.67. The van der Waals surface area contributed by atoms with Gasteiger partial charge >= 0.3 is 0 Å². The number of carbonyl (C=O) groups excluding carboxylic acids is 2. The number of hydrogen-bond donors (Lipinski definition) is 2. The van der Waals surface area contributed by atoms with Crippen LogP contribution in [-0.2, 0) is 9.59 Å². The van der Waals surface area contributed by atoms with Crippen LogP contribution >= 0.6 is 0 Å². The average molecular weight is 373 g/mol. The summed E-state index contributed by atoms with van der Waals surface area (Å²) in [7, 11) is 0. The van der Waals surface area contributed by atoms with E-state index in [0.29, 0.717) is 33.0 Å². The highest BCUT2D eigenvalue weighted by Crippen LogP contribution is 2.25. The summed E-state index contributed by atoms with van der Waals surface area (Å²) in [6.45, 7) is -0.202. The molecule has 0 spiro atoms. The van der Waals surface area contributed by atoms with Crippen LogP contribution in [-0.4, -0.2) is 28.4 Å². The molecule has 2 bridgehead atoms. The van der Waals surface area contributed by atoms with E-state index in [0.717, 1.165) is 0 Å². The first-order valence-corrected chi connectivity index (χ1v) is 8.47. The minimum Gasteiger partial charge on any atom is -0.484 e. The molecule has 2 heterocycles. The summed E-state index contributed by atoms with van der Waals surface area (Å²) >= 11 is 0. The number of fused-ring (bicyclic) bond motifs is 2. The molecule has 0 atom stereocenters. The first-order chi connectivity index (χ1) is 13.7. The highest BCUT2D eigenvalue weighted by Gasteiger charge is 2.07. The molecule has 1 aliphatic heterocycles. The Bertz CT molecular complexity index is 1220. The topological polar surface area (TPSA) is 106 Å². The quantitative estimate of drug-likeness (QED) is 0.596. The minimum atomic E-state index is -0.391. The van der Waals surface area contributed by atoms with Gasteiger partial charge in [-0.3, -0.25) is 9.59 Å². The smallest absolute Gasteiger partial charge is 0.261 e. The van der Waals surface area contributed by atoms with Crippen molar-refractivity contribution in [3.8, 4) is 5.75 Å². The average Bonchev–Trinajstić information content (AvgIpc) is 2.71. The second-order valence-corrected chi connectivity index (χ2v) is 5.89. The third-order valence-electron chi connectivity index (χ3n) is 3.97. The molecule has 138 valence electrons. The molecule has 8 heteroatoms. The SMILES string of the molecule is O=C1/C=C/NC(=O)COc2ccc3ncnc(c3c2)/N=c2\cccc\c2=C\N1. The van der Waals surface area contributed by atoms with Gasteiger partial charge in [-0.1, -0.05) is 18.2 Å². The predicted molar refractivity (Wildman–Crippen MR) is 102 cm³/mol. The number of para-hydroxylation sites is 1.